The Balaban J connectivity index is 1.60. The zero-order valence-corrected chi connectivity index (χ0v) is 14.8. The molecule has 1 aromatic carbocycles. The maximum Gasteiger partial charge on any atom is 0.224 e. The van der Waals surface area contributed by atoms with E-state index < -0.39 is 5.54 Å². The van der Waals surface area contributed by atoms with E-state index in [0.717, 1.165) is 31.2 Å². The third-order valence-corrected chi connectivity index (χ3v) is 5.82. The lowest BCUT2D eigenvalue weighted by molar-refractivity contribution is -0.138. The summed E-state index contributed by atoms with van der Waals surface area (Å²) in [5.41, 5.74) is 0.291. The van der Waals surface area contributed by atoms with Gasteiger partial charge in [0, 0.05) is 17.8 Å². The van der Waals surface area contributed by atoms with E-state index >= 15 is 0 Å². The molecule has 3 atom stereocenters. The van der Waals surface area contributed by atoms with Crippen LogP contribution in [0.2, 0.25) is 0 Å². The highest BCUT2D eigenvalue weighted by atomic mass is 16.2. The Hall–Kier alpha value is -2.15. The third kappa shape index (κ3) is 4.10. The van der Waals surface area contributed by atoms with Gasteiger partial charge in [-0.1, -0.05) is 36.8 Å². The number of hydrogen-bond donors (Lipinski definition) is 1. The second kappa shape index (κ2) is 7.39. The highest BCUT2D eigenvalue weighted by Crippen LogP contribution is 2.40. The summed E-state index contributed by atoms with van der Waals surface area (Å²) in [6, 6.07) is 12.3. The molecule has 0 radical (unpaired) electrons. The molecule has 3 rings (SSSR count). The van der Waals surface area contributed by atoms with Crippen molar-refractivity contribution >= 4 is 11.7 Å². The summed E-state index contributed by atoms with van der Waals surface area (Å²) >= 11 is 0. The van der Waals surface area contributed by atoms with E-state index in [1.165, 1.54) is 0 Å². The first kappa shape index (κ1) is 17.7. The highest BCUT2D eigenvalue weighted by Gasteiger charge is 2.42. The summed E-state index contributed by atoms with van der Waals surface area (Å²) in [7, 11) is 0. The minimum absolute atomic E-state index is 0.0542. The number of fused-ring (bicyclic) bond motifs is 2. The molecule has 2 fully saturated rings. The number of nitriles is 1. The number of carbonyl (C=O) groups excluding carboxylic acids is 2. The topological polar surface area (TPSA) is 70.0 Å². The van der Waals surface area contributed by atoms with Crippen molar-refractivity contribution in [1.82, 2.24) is 5.32 Å². The van der Waals surface area contributed by atoms with Gasteiger partial charge in [0.05, 0.1) is 6.07 Å². The first-order chi connectivity index (χ1) is 12.0. The van der Waals surface area contributed by atoms with Crippen LogP contribution in [0.15, 0.2) is 30.3 Å². The summed E-state index contributed by atoms with van der Waals surface area (Å²) in [5, 5.41) is 12.6. The van der Waals surface area contributed by atoms with Gasteiger partial charge < -0.3 is 5.32 Å². The number of rotatable bonds is 5. The van der Waals surface area contributed by atoms with Gasteiger partial charge in [0.1, 0.15) is 11.3 Å². The molecule has 0 aliphatic heterocycles. The number of nitrogens with zero attached hydrogens (tertiary/aromatic N) is 1. The molecule has 2 bridgehead atoms. The van der Waals surface area contributed by atoms with Gasteiger partial charge in [-0.3, -0.25) is 9.59 Å². The van der Waals surface area contributed by atoms with E-state index in [-0.39, 0.29) is 23.7 Å². The number of aryl methyl sites for hydroxylation is 1. The maximum atomic E-state index is 12.7. The predicted molar refractivity (Wildman–Crippen MR) is 95.5 cm³/mol. The summed E-state index contributed by atoms with van der Waals surface area (Å²) in [4.78, 5) is 24.9. The van der Waals surface area contributed by atoms with E-state index in [1.807, 2.05) is 30.3 Å². The average Bonchev–Trinajstić information content (AvgIpc) is 2.60. The lowest BCUT2D eigenvalue weighted by atomic mass is 9.67. The van der Waals surface area contributed by atoms with Gasteiger partial charge in [-0.2, -0.15) is 5.26 Å². The van der Waals surface area contributed by atoms with E-state index in [9.17, 15) is 14.9 Å². The van der Waals surface area contributed by atoms with Crippen molar-refractivity contribution in [2.24, 2.45) is 17.8 Å². The minimum Gasteiger partial charge on any atom is -0.338 e. The number of carbonyl (C=O) groups is 2. The molecule has 1 N–H and O–H groups in total. The van der Waals surface area contributed by atoms with Gasteiger partial charge in [-0.15, -0.1) is 0 Å². The van der Waals surface area contributed by atoms with Gasteiger partial charge in [0.2, 0.25) is 5.91 Å². The predicted octanol–water partition coefficient (Wildman–Crippen LogP) is 3.41. The van der Waals surface area contributed by atoms with Crippen LogP contribution in [-0.2, 0) is 16.0 Å². The van der Waals surface area contributed by atoms with E-state index in [0.29, 0.717) is 25.0 Å². The number of benzene rings is 1. The van der Waals surface area contributed by atoms with Crippen LogP contribution in [0.3, 0.4) is 0 Å². The van der Waals surface area contributed by atoms with Crippen LogP contribution in [0.5, 0.6) is 0 Å². The summed E-state index contributed by atoms with van der Waals surface area (Å²) in [5.74, 6) is 0.295. The molecular formula is C21H26N2O2. The van der Waals surface area contributed by atoms with Crippen molar-refractivity contribution in [3.8, 4) is 6.07 Å². The fourth-order valence-corrected chi connectivity index (χ4v) is 4.25. The second-order valence-electron chi connectivity index (χ2n) is 7.81. The Morgan fingerprint density at radius 3 is 2.48 bits per heavy atom. The third-order valence-electron chi connectivity index (χ3n) is 5.82. The molecule has 1 aromatic rings. The number of Topliss-reactive ketones (excluding diaryl/α,β-unsaturated/α-hetero) is 1. The Bertz CT molecular complexity index is 663. The van der Waals surface area contributed by atoms with Crippen LogP contribution >= 0.6 is 0 Å². The lowest BCUT2D eigenvalue weighted by Crippen LogP contribution is -2.50. The molecule has 0 heterocycles. The largest absolute Gasteiger partial charge is 0.338 e. The van der Waals surface area contributed by atoms with Crippen LogP contribution in [0.4, 0.5) is 0 Å². The molecule has 4 heteroatoms. The Kier molecular flexibility index (Phi) is 5.22. The van der Waals surface area contributed by atoms with Gasteiger partial charge >= 0.3 is 0 Å². The fraction of sp³-hybridized carbons (Fsp3) is 0.571. The molecule has 2 aliphatic rings. The van der Waals surface area contributed by atoms with Gasteiger partial charge in [-0.05, 0) is 51.0 Å². The zero-order valence-electron chi connectivity index (χ0n) is 14.8. The van der Waals surface area contributed by atoms with Crippen LogP contribution in [0, 0.1) is 29.1 Å². The molecule has 132 valence electrons. The van der Waals surface area contributed by atoms with Crippen molar-refractivity contribution in [2.45, 2.75) is 57.4 Å². The van der Waals surface area contributed by atoms with Crippen molar-refractivity contribution in [1.29, 1.82) is 5.26 Å². The minimum atomic E-state index is -0.872. The monoisotopic (exact) mass is 338 g/mol. The smallest absolute Gasteiger partial charge is 0.224 e. The van der Waals surface area contributed by atoms with Gasteiger partial charge in [-0.25, -0.2) is 0 Å². The van der Waals surface area contributed by atoms with E-state index in [1.54, 1.807) is 6.92 Å². The average molecular weight is 338 g/mol. The fourth-order valence-electron chi connectivity index (χ4n) is 4.25. The molecule has 1 amide bonds. The van der Waals surface area contributed by atoms with Crippen molar-refractivity contribution < 1.29 is 9.59 Å². The van der Waals surface area contributed by atoms with Crippen molar-refractivity contribution in [2.75, 3.05) is 0 Å². The molecule has 0 saturated heterocycles. The van der Waals surface area contributed by atoms with Gasteiger partial charge in [0.15, 0.2) is 0 Å². The quantitative estimate of drug-likeness (QED) is 0.894. The first-order valence-corrected chi connectivity index (χ1v) is 9.32. The summed E-state index contributed by atoms with van der Waals surface area (Å²) in [6.45, 7) is 1.79. The van der Waals surface area contributed by atoms with Crippen LogP contribution < -0.4 is 5.32 Å². The molecule has 0 aromatic heterocycles. The van der Waals surface area contributed by atoms with Crippen molar-refractivity contribution in [3.63, 3.8) is 0 Å². The molecule has 2 aliphatic carbocycles. The van der Waals surface area contributed by atoms with Gasteiger partial charge in [0.25, 0.3) is 0 Å². The first-order valence-electron chi connectivity index (χ1n) is 9.32. The van der Waals surface area contributed by atoms with Crippen LogP contribution in [0.1, 0.15) is 51.0 Å². The number of ketones is 1. The number of amides is 1. The molecule has 2 saturated carbocycles. The SMILES string of the molecule is CC(C#N)(CCc1ccccc1)NC(=O)C1CC2CCCC(C1)C2=O. The lowest BCUT2D eigenvalue weighted by Gasteiger charge is -2.38. The van der Waals surface area contributed by atoms with Crippen LogP contribution in [0.25, 0.3) is 0 Å². The van der Waals surface area contributed by atoms with E-state index in [4.69, 9.17) is 0 Å². The Morgan fingerprint density at radius 1 is 1.24 bits per heavy atom. The van der Waals surface area contributed by atoms with Crippen molar-refractivity contribution in [3.05, 3.63) is 35.9 Å². The second-order valence-corrected chi connectivity index (χ2v) is 7.81. The normalized spacial score (nSPS) is 27.8. The molecule has 25 heavy (non-hydrogen) atoms. The Morgan fingerprint density at radius 2 is 1.88 bits per heavy atom. The number of nitrogens with one attached hydrogen (secondary N) is 1. The summed E-state index contributed by atoms with van der Waals surface area (Å²) < 4.78 is 0. The summed E-state index contributed by atoms with van der Waals surface area (Å²) in [6.07, 6.45) is 5.58. The standard InChI is InChI=1S/C21H26N2O2/c1-21(14-22,11-10-15-6-3-2-4-7-15)23-20(25)18-12-16-8-5-9-17(13-18)19(16)24/h2-4,6-7,16-18H,5,8-13H2,1H3,(H,23,25). The highest BCUT2D eigenvalue weighted by molar-refractivity contribution is 5.88. The van der Waals surface area contributed by atoms with Crippen LogP contribution in [-0.4, -0.2) is 17.2 Å². The molecule has 3 unspecified atom stereocenters. The maximum absolute atomic E-state index is 12.7. The van der Waals surface area contributed by atoms with E-state index in [2.05, 4.69) is 11.4 Å². The molecule has 4 nitrogen and oxygen atoms in total. The molecular weight excluding hydrogens is 312 g/mol. The number of hydrogen-bond acceptors (Lipinski definition) is 3. The Labute approximate surface area is 149 Å². The molecule has 0 spiro atoms. The zero-order chi connectivity index (χ0) is 17.9.